The Morgan fingerprint density at radius 1 is 0.167 bits per heavy atom. The fraction of sp³-hybridized carbons (Fsp3) is 0.474. The zero-order valence-corrected chi connectivity index (χ0v) is 72.8. The molecule has 0 unspecified atom stereocenters. The molecule has 0 heterocycles. The van der Waals surface area contributed by atoms with Crippen molar-refractivity contribution in [3.05, 3.63) is 249 Å². The lowest BCUT2D eigenvalue weighted by Crippen LogP contribution is -2.29. The Kier molecular flexibility index (Phi) is 23.6. The fourth-order valence-electron chi connectivity index (χ4n) is 25.4. The van der Waals surface area contributed by atoms with Crippen LogP contribution in [0.15, 0.2) is 182 Å². The van der Waals surface area contributed by atoms with Crippen LogP contribution in [0, 0.1) is 0 Å². The Morgan fingerprint density at radius 3 is 0.596 bits per heavy atom. The maximum atomic E-state index is 2.78. The van der Waals surface area contributed by atoms with E-state index in [1.165, 1.54) is 276 Å². The SMILES string of the molecule is CCCCCCC1(CCCCCC)c2ccccc2-c2ccc(-c3ccc4c(c3)-c3c(c5c(c6c3C(CC)(CC)c3ccc(-c7ccc8c(c7)C(CCCCCC)(CCCCCC)c7ccccc7-8)cc3-6)C(CC)(CC)c3ccc(-c6ccc7c(c6)C(CCCCCC)(CCCCCC)c6ccccc6-7)cc3-5)C4(CC)CC)cc21. The fourth-order valence-corrected chi connectivity index (χ4v) is 25.4. The van der Waals surface area contributed by atoms with Crippen LogP contribution in [-0.2, 0) is 32.5 Å². The third kappa shape index (κ3) is 12.7. The highest BCUT2D eigenvalue weighted by Crippen LogP contribution is 2.72. The number of fused-ring (bicyclic) bond motifs is 21. The Bertz CT molecular complexity index is 4550. The molecule has 0 saturated heterocycles. The molecule has 0 saturated carbocycles. The van der Waals surface area contributed by atoms with Crippen molar-refractivity contribution in [1.29, 1.82) is 0 Å². The van der Waals surface area contributed by atoms with Crippen LogP contribution in [0.1, 0.15) is 381 Å². The van der Waals surface area contributed by atoms with Gasteiger partial charge in [-0.3, -0.25) is 0 Å². The first-order valence-corrected chi connectivity index (χ1v) is 47.4. The Morgan fingerprint density at radius 2 is 0.368 bits per heavy atom. The molecule has 6 aliphatic rings. The minimum absolute atomic E-state index is 0.00427. The van der Waals surface area contributed by atoms with E-state index in [1.54, 1.807) is 83.5 Å². The van der Waals surface area contributed by atoms with E-state index in [2.05, 4.69) is 265 Å². The number of hydrogen-bond donors (Lipinski definition) is 0. The van der Waals surface area contributed by atoms with Crippen molar-refractivity contribution in [2.75, 3.05) is 0 Å². The van der Waals surface area contributed by atoms with Crippen LogP contribution in [0.25, 0.3) is 100 Å². The number of rotatable bonds is 39. The molecule has 10 aromatic rings. The van der Waals surface area contributed by atoms with Crippen molar-refractivity contribution in [1.82, 2.24) is 0 Å². The predicted octanol–water partition coefficient (Wildman–Crippen LogP) is 34.6. The minimum Gasteiger partial charge on any atom is -0.0654 e. The van der Waals surface area contributed by atoms with Gasteiger partial charge in [0.05, 0.1) is 0 Å². The normalized spacial score (nSPS) is 16.0. The topological polar surface area (TPSA) is 0 Å². The maximum Gasteiger partial charge on any atom is 0.0216 e. The lowest BCUT2D eigenvalue weighted by molar-refractivity contribution is 0.401. The van der Waals surface area contributed by atoms with Crippen LogP contribution in [0.2, 0.25) is 0 Å². The molecule has 0 aromatic heterocycles. The summed E-state index contributed by atoms with van der Waals surface area (Å²) in [6.45, 7) is 29.7. The summed E-state index contributed by atoms with van der Waals surface area (Å²) in [4.78, 5) is 0. The first-order valence-electron chi connectivity index (χ1n) is 47.4. The predicted molar refractivity (Wildman–Crippen MR) is 494 cm³/mol. The van der Waals surface area contributed by atoms with E-state index < -0.39 is 0 Å². The van der Waals surface area contributed by atoms with Crippen molar-refractivity contribution in [3.8, 4) is 100 Å². The van der Waals surface area contributed by atoms with Crippen LogP contribution >= 0.6 is 0 Å². The molecule has 10 aromatic carbocycles. The van der Waals surface area contributed by atoms with Crippen LogP contribution < -0.4 is 0 Å². The van der Waals surface area contributed by atoms with Crippen molar-refractivity contribution in [2.45, 2.75) is 347 Å². The van der Waals surface area contributed by atoms with Gasteiger partial charge in [-0.1, -0.05) is 383 Å². The third-order valence-electron chi connectivity index (χ3n) is 31.5. The van der Waals surface area contributed by atoms with Gasteiger partial charge in [0, 0.05) is 32.5 Å². The van der Waals surface area contributed by atoms with Gasteiger partial charge in [-0.15, -0.1) is 0 Å². The van der Waals surface area contributed by atoms with E-state index in [-0.39, 0.29) is 32.5 Å². The van der Waals surface area contributed by atoms with Crippen LogP contribution in [0.4, 0.5) is 0 Å². The zero-order chi connectivity index (χ0) is 79.0. The average Bonchev–Trinajstić information content (AvgIpc) is 1.48. The molecule has 0 amide bonds. The molecule has 16 rings (SSSR count). The van der Waals surface area contributed by atoms with Gasteiger partial charge in [0.2, 0.25) is 0 Å². The molecule has 0 heteroatoms. The Balaban J connectivity index is 0.945. The molecule has 0 spiro atoms. The van der Waals surface area contributed by atoms with E-state index in [0.717, 1.165) is 38.5 Å². The minimum atomic E-state index is -0.220. The van der Waals surface area contributed by atoms with Gasteiger partial charge in [0.25, 0.3) is 0 Å². The summed E-state index contributed by atoms with van der Waals surface area (Å²) in [6.07, 6.45) is 44.4. The maximum absolute atomic E-state index is 2.78. The second kappa shape index (κ2) is 33.7. The average molecular weight is 1510 g/mol. The second-order valence-electron chi connectivity index (χ2n) is 36.9. The molecular weight excluding hydrogens is 1370 g/mol. The molecule has 0 bridgehead atoms. The van der Waals surface area contributed by atoms with Crippen LogP contribution in [0.5, 0.6) is 0 Å². The number of hydrogen-bond acceptors (Lipinski definition) is 0. The van der Waals surface area contributed by atoms with E-state index in [0.29, 0.717) is 0 Å². The van der Waals surface area contributed by atoms with Crippen molar-refractivity contribution in [2.24, 2.45) is 0 Å². The van der Waals surface area contributed by atoms with Gasteiger partial charge < -0.3 is 0 Å². The van der Waals surface area contributed by atoms with Gasteiger partial charge in [0.1, 0.15) is 0 Å². The first kappa shape index (κ1) is 80.0. The molecule has 6 aliphatic carbocycles. The molecule has 0 radical (unpaired) electrons. The Labute approximate surface area is 691 Å². The Hall–Kier alpha value is -7.80. The second-order valence-corrected chi connectivity index (χ2v) is 36.9. The molecule has 0 nitrogen and oxygen atoms in total. The quantitative estimate of drug-likeness (QED) is 0.0337. The summed E-state index contributed by atoms with van der Waals surface area (Å²) in [5.74, 6) is 0. The monoisotopic (exact) mass is 1510 g/mol. The lowest BCUT2D eigenvalue weighted by Gasteiger charge is -2.37. The summed E-state index contributed by atoms with van der Waals surface area (Å²) in [6, 6.07) is 76.7. The van der Waals surface area contributed by atoms with Gasteiger partial charge in [0.15, 0.2) is 0 Å². The number of benzene rings is 10. The standard InChI is InChI=1S/C114H138/c1-13-25-31-43-67-112(68-44-32-26-14-2)94-52-40-37-49-85(94)88-61-55-82(76-100(88)112)79-58-64-97-91(73-79)103-106(109(97,19-7)20-8)104-93-75-81(84-57-63-90-87-51-39-42-54-96(87)114(102(90)78-84,71-47-35-29-17-5)72-48-36-30-18-6)60-66-99(93)111(23-11,24-12)108(104)105-92-74-80(59-65-98(92)110(21-9,22-10)107(103)105)83-56-62-89-86-50-38-41-53-95(86)113(101(89)77-83,69-45-33-27-15-3)70-46-34-28-16-4/h37-42,49-66,73-78H,13-36,43-48,67-72H2,1-12H3. The highest BCUT2D eigenvalue weighted by atomic mass is 14.6. The molecule has 0 N–H and O–H groups in total. The number of unbranched alkanes of at least 4 members (excludes halogenated alkanes) is 18. The van der Waals surface area contributed by atoms with E-state index >= 15 is 0 Å². The molecule has 0 fully saturated rings. The van der Waals surface area contributed by atoms with Gasteiger partial charge >= 0.3 is 0 Å². The molecule has 114 heavy (non-hydrogen) atoms. The summed E-state index contributed by atoms with van der Waals surface area (Å²) in [7, 11) is 0. The van der Waals surface area contributed by atoms with Crippen LogP contribution in [-0.4, -0.2) is 0 Å². The first-order chi connectivity index (χ1) is 55.9. The van der Waals surface area contributed by atoms with E-state index in [1.807, 2.05) is 0 Å². The van der Waals surface area contributed by atoms with Crippen molar-refractivity contribution < 1.29 is 0 Å². The zero-order valence-electron chi connectivity index (χ0n) is 72.8. The van der Waals surface area contributed by atoms with Crippen molar-refractivity contribution in [3.63, 3.8) is 0 Å². The third-order valence-corrected chi connectivity index (χ3v) is 31.5. The summed E-state index contributed by atoms with van der Waals surface area (Å²) in [5, 5.41) is 0. The summed E-state index contributed by atoms with van der Waals surface area (Å²) >= 11 is 0. The van der Waals surface area contributed by atoms with Crippen molar-refractivity contribution >= 4 is 0 Å². The van der Waals surface area contributed by atoms with Crippen LogP contribution in [0.3, 0.4) is 0 Å². The molecule has 0 aliphatic heterocycles. The molecule has 0 atom stereocenters. The van der Waals surface area contributed by atoms with Gasteiger partial charge in [-0.2, -0.15) is 0 Å². The summed E-state index contributed by atoms with van der Waals surface area (Å²) in [5.41, 5.74) is 44.8. The smallest absolute Gasteiger partial charge is 0.0216 e. The highest BCUT2D eigenvalue weighted by molar-refractivity contribution is 6.07. The lowest BCUT2D eigenvalue weighted by atomic mass is 9.65. The van der Waals surface area contributed by atoms with Gasteiger partial charge in [-0.25, -0.2) is 0 Å². The van der Waals surface area contributed by atoms with Gasteiger partial charge in [-0.05, 0) is 280 Å². The van der Waals surface area contributed by atoms with E-state index in [9.17, 15) is 0 Å². The largest absolute Gasteiger partial charge is 0.0654 e. The van der Waals surface area contributed by atoms with E-state index in [4.69, 9.17) is 0 Å². The molecule has 594 valence electrons. The molecular formula is C114H138. The summed E-state index contributed by atoms with van der Waals surface area (Å²) < 4.78 is 0. The highest BCUT2D eigenvalue weighted by Gasteiger charge is 2.57.